The molecule has 0 aromatic carbocycles. The number of nitrogens with zero attached hydrogens (tertiary/aromatic N) is 6. The van der Waals surface area contributed by atoms with E-state index in [2.05, 4.69) is 25.0 Å². The Balaban J connectivity index is 1.65. The molecule has 1 aliphatic rings. The molecule has 142 valence electrons. The Morgan fingerprint density at radius 2 is 2.07 bits per heavy atom. The summed E-state index contributed by atoms with van der Waals surface area (Å²) in [4.78, 5) is 16.9. The topological polar surface area (TPSA) is 75.0 Å². The van der Waals surface area contributed by atoms with E-state index in [1.54, 1.807) is 15.7 Å². The number of H-pyrrole nitrogens is 1. The molecule has 5 rings (SSSR count). The van der Waals surface area contributed by atoms with Crippen LogP contribution >= 0.6 is 0 Å². The molecule has 0 fully saturated rings. The Morgan fingerprint density at radius 1 is 1.18 bits per heavy atom. The monoisotopic (exact) mass is 385 g/mol. The zero-order chi connectivity index (χ0) is 19.3. The van der Waals surface area contributed by atoms with Gasteiger partial charge in [-0.1, -0.05) is 6.07 Å². The second kappa shape index (κ2) is 6.04. The quantitative estimate of drug-likeness (QED) is 0.574. The van der Waals surface area contributed by atoms with Crippen LogP contribution in [0.2, 0.25) is 0 Å². The van der Waals surface area contributed by atoms with Gasteiger partial charge >= 0.3 is 6.18 Å². The smallest absolute Gasteiger partial charge is 0.348 e. The van der Waals surface area contributed by atoms with Crippen molar-refractivity contribution in [2.45, 2.75) is 18.6 Å². The maximum Gasteiger partial charge on any atom is 0.434 e. The summed E-state index contributed by atoms with van der Waals surface area (Å²) in [6.07, 6.45) is 1.53. The number of pyridine rings is 1. The minimum atomic E-state index is -4.56. The number of hydrogen-bond acceptors (Lipinski definition) is 5. The van der Waals surface area contributed by atoms with Gasteiger partial charge in [-0.05, 0) is 18.2 Å². The van der Waals surface area contributed by atoms with E-state index in [0.717, 1.165) is 23.1 Å². The van der Waals surface area contributed by atoms with Crippen molar-refractivity contribution in [3.05, 3.63) is 72.0 Å². The van der Waals surface area contributed by atoms with Crippen LogP contribution in [0.3, 0.4) is 0 Å². The van der Waals surface area contributed by atoms with E-state index in [1.165, 1.54) is 6.20 Å². The Bertz CT molecular complexity index is 1110. The molecule has 28 heavy (non-hydrogen) atoms. The second-order valence-corrected chi connectivity index (χ2v) is 6.51. The van der Waals surface area contributed by atoms with Gasteiger partial charge in [0, 0.05) is 24.9 Å². The summed E-state index contributed by atoms with van der Waals surface area (Å²) in [7, 11) is 0. The van der Waals surface area contributed by atoms with Gasteiger partial charge in [0.05, 0.1) is 35.6 Å². The number of aromatic nitrogens is 6. The van der Waals surface area contributed by atoms with Crippen LogP contribution in [0.15, 0.2) is 49.2 Å². The Morgan fingerprint density at radius 3 is 2.89 bits per heavy atom. The molecule has 0 radical (unpaired) electrons. The standard InChI is InChI=1S/C18H14F3N7/c19-18(20,21)14-8-22-9-15(25-14)27-6-4-12-16(24-10-23-12)17(27)13-7-11-3-1-2-5-28(11)26-13/h1-3,5,7-10,17H,4,6H2,(H,23,24)/t17-/m1/s1. The van der Waals surface area contributed by atoms with Crippen molar-refractivity contribution >= 4 is 11.3 Å². The SMILES string of the molecule is FC(F)(F)c1cncc(N2CCc3[nH]cnc3[C@H]2c2cc3ccccn3n2)n1. The van der Waals surface area contributed by atoms with Crippen LogP contribution in [-0.2, 0) is 12.6 Å². The van der Waals surface area contributed by atoms with Gasteiger partial charge in [-0.2, -0.15) is 18.3 Å². The summed E-state index contributed by atoms with van der Waals surface area (Å²) in [5.41, 5.74) is 2.22. The van der Waals surface area contributed by atoms with Crippen molar-refractivity contribution in [2.75, 3.05) is 11.4 Å². The lowest BCUT2D eigenvalue weighted by Gasteiger charge is -2.34. The largest absolute Gasteiger partial charge is 0.434 e. The average Bonchev–Trinajstić information content (AvgIpc) is 3.33. The van der Waals surface area contributed by atoms with E-state index >= 15 is 0 Å². The molecule has 4 aromatic rings. The first-order valence-corrected chi connectivity index (χ1v) is 8.63. The number of fused-ring (bicyclic) bond motifs is 2. The highest BCUT2D eigenvalue weighted by atomic mass is 19.4. The molecule has 0 aliphatic carbocycles. The first-order chi connectivity index (χ1) is 13.5. The van der Waals surface area contributed by atoms with Crippen LogP contribution in [0.25, 0.3) is 5.52 Å². The van der Waals surface area contributed by atoms with Crippen molar-refractivity contribution in [1.29, 1.82) is 0 Å². The van der Waals surface area contributed by atoms with E-state index in [-0.39, 0.29) is 5.82 Å². The number of nitrogens with one attached hydrogen (secondary N) is 1. The molecule has 7 nitrogen and oxygen atoms in total. The normalized spacial score (nSPS) is 17.1. The Hall–Kier alpha value is -3.43. The molecule has 0 bridgehead atoms. The highest BCUT2D eigenvalue weighted by Crippen LogP contribution is 2.37. The van der Waals surface area contributed by atoms with Crippen molar-refractivity contribution in [1.82, 2.24) is 29.5 Å². The number of halogens is 3. The number of aromatic amines is 1. The summed E-state index contributed by atoms with van der Waals surface area (Å²) in [5, 5.41) is 4.61. The van der Waals surface area contributed by atoms with Crippen molar-refractivity contribution < 1.29 is 13.2 Å². The van der Waals surface area contributed by atoms with E-state index < -0.39 is 17.9 Å². The molecule has 0 saturated carbocycles. The van der Waals surface area contributed by atoms with Crippen molar-refractivity contribution in [3.8, 4) is 0 Å². The minimum Gasteiger partial charge on any atom is -0.348 e. The molecule has 0 saturated heterocycles. The summed E-state index contributed by atoms with van der Waals surface area (Å²) in [6, 6.07) is 7.12. The first kappa shape index (κ1) is 16.7. The van der Waals surface area contributed by atoms with Gasteiger partial charge in [-0.25, -0.2) is 14.5 Å². The molecule has 10 heteroatoms. The molecule has 4 aromatic heterocycles. The highest BCUT2D eigenvalue weighted by molar-refractivity contribution is 5.53. The molecule has 1 N–H and O–H groups in total. The lowest BCUT2D eigenvalue weighted by Crippen LogP contribution is -2.37. The summed E-state index contributed by atoms with van der Waals surface area (Å²) < 4.78 is 41.1. The van der Waals surface area contributed by atoms with E-state index in [9.17, 15) is 13.2 Å². The lowest BCUT2D eigenvalue weighted by atomic mass is 10.00. The van der Waals surface area contributed by atoms with Gasteiger partial charge in [0.25, 0.3) is 0 Å². The predicted octanol–water partition coefficient (Wildman–Crippen LogP) is 3.02. The van der Waals surface area contributed by atoms with Crippen molar-refractivity contribution in [2.24, 2.45) is 0 Å². The zero-order valence-corrected chi connectivity index (χ0v) is 14.4. The minimum absolute atomic E-state index is 0.144. The molecular weight excluding hydrogens is 371 g/mol. The predicted molar refractivity (Wildman–Crippen MR) is 93.7 cm³/mol. The number of imidazole rings is 1. The second-order valence-electron chi connectivity index (χ2n) is 6.51. The fraction of sp³-hybridized carbons (Fsp3) is 0.222. The third-order valence-electron chi connectivity index (χ3n) is 4.80. The van der Waals surface area contributed by atoms with Crippen molar-refractivity contribution in [3.63, 3.8) is 0 Å². The summed E-state index contributed by atoms with van der Waals surface area (Å²) in [5.74, 6) is 0.144. The van der Waals surface area contributed by atoms with Crippen LogP contribution in [0.1, 0.15) is 28.8 Å². The lowest BCUT2D eigenvalue weighted by molar-refractivity contribution is -0.141. The third kappa shape index (κ3) is 2.68. The maximum atomic E-state index is 13.1. The number of hydrogen-bond donors (Lipinski definition) is 1. The fourth-order valence-corrected chi connectivity index (χ4v) is 3.55. The number of anilines is 1. The molecular formula is C18H14F3N7. The van der Waals surface area contributed by atoms with E-state index in [1.807, 2.05) is 30.5 Å². The maximum absolute atomic E-state index is 13.1. The molecule has 1 aliphatic heterocycles. The molecule has 5 heterocycles. The third-order valence-corrected chi connectivity index (χ3v) is 4.80. The average molecular weight is 385 g/mol. The van der Waals surface area contributed by atoms with Crippen LogP contribution in [-0.4, -0.2) is 36.1 Å². The molecule has 1 atom stereocenters. The van der Waals surface area contributed by atoms with Crippen LogP contribution in [0.5, 0.6) is 0 Å². The van der Waals surface area contributed by atoms with Gasteiger partial charge in [0.15, 0.2) is 5.69 Å². The molecule has 0 unspecified atom stereocenters. The van der Waals surface area contributed by atoms with Gasteiger partial charge in [-0.15, -0.1) is 0 Å². The van der Waals surface area contributed by atoms with Crippen LogP contribution < -0.4 is 4.90 Å². The van der Waals surface area contributed by atoms with E-state index in [4.69, 9.17) is 0 Å². The first-order valence-electron chi connectivity index (χ1n) is 8.63. The molecule has 0 amide bonds. The van der Waals surface area contributed by atoms with Gasteiger partial charge in [0.1, 0.15) is 11.9 Å². The van der Waals surface area contributed by atoms with Gasteiger partial charge in [-0.3, -0.25) is 4.98 Å². The van der Waals surface area contributed by atoms with E-state index in [0.29, 0.717) is 18.7 Å². The molecule has 0 spiro atoms. The Kier molecular flexibility index (Phi) is 3.61. The zero-order valence-electron chi connectivity index (χ0n) is 14.4. The van der Waals surface area contributed by atoms with Gasteiger partial charge in [0.2, 0.25) is 0 Å². The van der Waals surface area contributed by atoms with Crippen LogP contribution in [0, 0.1) is 0 Å². The number of alkyl halides is 3. The van der Waals surface area contributed by atoms with Crippen LogP contribution in [0.4, 0.5) is 19.0 Å². The highest BCUT2D eigenvalue weighted by Gasteiger charge is 2.37. The summed E-state index contributed by atoms with van der Waals surface area (Å²) in [6.45, 7) is 0.462. The number of rotatable bonds is 2. The summed E-state index contributed by atoms with van der Waals surface area (Å²) >= 11 is 0. The Labute approximate surface area is 156 Å². The van der Waals surface area contributed by atoms with Gasteiger partial charge < -0.3 is 9.88 Å². The fourth-order valence-electron chi connectivity index (χ4n) is 3.55.